The Labute approximate surface area is 152 Å². The van der Waals surface area contributed by atoms with Gasteiger partial charge in [0.2, 0.25) is 5.91 Å². The van der Waals surface area contributed by atoms with E-state index in [0.717, 1.165) is 30.6 Å². The van der Waals surface area contributed by atoms with E-state index in [1.54, 1.807) is 13.2 Å². The molecule has 2 rings (SSSR count). The first kappa shape index (κ1) is 17.0. The molecule has 0 aromatic heterocycles. The lowest BCUT2D eigenvalue weighted by molar-refractivity contribution is -0.111. The van der Waals surface area contributed by atoms with Crippen molar-refractivity contribution in [3.8, 4) is 5.75 Å². The maximum absolute atomic E-state index is 12.0. The molecule has 5 heteroatoms. The highest BCUT2D eigenvalue weighted by atomic mass is 127. The fraction of sp³-hybridized carbons (Fsp3) is 0.118. The standard InChI is InChI=1S/C17H15BrINO2/c1-11-9-13(19)5-6-15(11)20-17(21)8-4-12-3-7-16(22-2)14(18)10-12/h3-10H,1-2H3,(H,20,21)/b8-4+. The quantitative estimate of drug-likeness (QED) is 0.502. The van der Waals surface area contributed by atoms with Crippen molar-refractivity contribution in [3.05, 3.63) is 61.6 Å². The topological polar surface area (TPSA) is 38.3 Å². The van der Waals surface area contributed by atoms with Gasteiger partial charge in [-0.1, -0.05) is 6.07 Å². The van der Waals surface area contributed by atoms with Crippen molar-refractivity contribution < 1.29 is 9.53 Å². The Morgan fingerprint density at radius 3 is 2.68 bits per heavy atom. The van der Waals surface area contributed by atoms with Crippen molar-refractivity contribution in [2.75, 3.05) is 12.4 Å². The second kappa shape index (κ2) is 7.78. The summed E-state index contributed by atoms with van der Waals surface area (Å²) in [6, 6.07) is 11.5. The van der Waals surface area contributed by atoms with Crippen LogP contribution in [0.3, 0.4) is 0 Å². The third-order valence-corrected chi connectivity index (χ3v) is 4.34. The largest absolute Gasteiger partial charge is 0.496 e. The molecule has 0 unspecified atom stereocenters. The van der Waals surface area contributed by atoms with Gasteiger partial charge in [0.15, 0.2) is 0 Å². The van der Waals surface area contributed by atoms with Gasteiger partial charge in [0.05, 0.1) is 11.6 Å². The van der Waals surface area contributed by atoms with Gasteiger partial charge in [0, 0.05) is 15.3 Å². The predicted molar refractivity (Wildman–Crippen MR) is 102 cm³/mol. The zero-order valence-electron chi connectivity index (χ0n) is 12.2. The van der Waals surface area contributed by atoms with Gasteiger partial charge in [0.25, 0.3) is 0 Å². The molecule has 2 aromatic rings. The van der Waals surface area contributed by atoms with Gasteiger partial charge in [-0.3, -0.25) is 4.79 Å². The molecule has 0 saturated heterocycles. The molecule has 3 nitrogen and oxygen atoms in total. The molecule has 1 N–H and O–H groups in total. The van der Waals surface area contributed by atoms with E-state index in [-0.39, 0.29) is 5.91 Å². The van der Waals surface area contributed by atoms with Crippen LogP contribution < -0.4 is 10.1 Å². The van der Waals surface area contributed by atoms with E-state index < -0.39 is 0 Å². The lowest BCUT2D eigenvalue weighted by Crippen LogP contribution is -2.08. The Hall–Kier alpha value is -1.34. The predicted octanol–water partition coefficient (Wildman–Crippen LogP) is 5.02. The van der Waals surface area contributed by atoms with E-state index in [0.29, 0.717) is 0 Å². The van der Waals surface area contributed by atoms with Crippen molar-refractivity contribution in [1.82, 2.24) is 0 Å². The van der Waals surface area contributed by atoms with Gasteiger partial charge >= 0.3 is 0 Å². The molecular formula is C17H15BrINO2. The number of anilines is 1. The SMILES string of the molecule is COc1ccc(/C=C/C(=O)Nc2ccc(I)cc2C)cc1Br. The van der Waals surface area contributed by atoms with Gasteiger partial charge in [-0.2, -0.15) is 0 Å². The summed E-state index contributed by atoms with van der Waals surface area (Å²) >= 11 is 5.67. The number of aryl methyl sites for hydroxylation is 1. The number of nitrogens with one attached hydrogen (secondary N) is 1. The number of hydrogen-bond donors (Lipinski definition) is 1. The summed E-state index contributed by atoms with van der Waals surface area (Å²) in [5.74, 6) is 0.604. The van der Waals surface area contributed by atoms with E-state index >= 15 is 0 Å². The van der Waals surface area contributed by atoms with Crippen LogP contribution in [0.2, 0.25) is 0 Å². The lowest BCUT2D eigenvalue weighted by Gasteiger charge is -2.06. The molecular weight excluding hydrogens is 457 g/mol. The fourth-order valence-corrected chi connectivity index (χ4v) is 3.11. The summed E-state index contributed by atoms with van der Waals surface area (Å²) in [6.07, 6.45) is 3.28. The van der Waals surface area contributed by atoms with Crippen LogP contribution in [0.5, 0.6) is 5.75 Å². The van der Waals surface area contributed by atoms with Crippen LogP contribution in [-0.2, 0) is 4.79 Å². The third kappa shape index (κ3) is 4.58. The van der Waals surface area contributed by atoms with Gasteiger partial charge in [-0.25, -0.2) is 0 Å². The minimum Gasteiger partial charge on any atom is -0.496 e. The van der Waals surface area contributed by atoms with E-state index in [1.807, 2.05) is 43.3 Å². The molecule has 0 aliphatic rings. The molecule has 0 heterocycles. The molecule has 0 saturated carbocycles. The summed E-state index contributed by atoms with van der Waals surface area (Å²) in [7, 11) is 1.62. The molecule has 0 bridgehead atoms. The number of amides is 1. The van der Waals surface area contributed by atoms with Crippen LogP contribution in [0.15, 0.2) is 46.9 Å². The molecule has 0 atom stereocenters. The first-order chi connectivity index (χ1) is 10.5. The summed E-state index contributed by atoms with van der Waals surface area (Å²) in [6.45, 7) is 1.97. The number of ether oxygens (including phenoxy) is 1. The second-order valence-electron chi connectivity index (χ2n) is 4.68. The maximum Gasteiger partial charge on any atom is 0.248 e. The molecule has 2 aromatic carbocycles. The number of carbonyl (C=O) groups excluding carboxylic acids is 1. The molecule has 0 aliphatic heterocycles. The van der Waals surface area contributed by atoms with Crippen molar-refractivity contribution in [2.24, 2.45) is 0 Å². The summed E-state index contributed by atoms with van der Waals surface area (Å²) in [5, 5.41) is 2.88. The smallest absolute Gasteiger partial charge is 0.248 e. The number of rotatable bonds is 4. The highest BCUT2D eigenvalue weighted by Crippen LogP contribution is 2.26. The summed E-state index contributed by atoms with van der Waals surface area (Å²) < 4.78 is 7.17. The van der Waals surface area contributed by atoms with E-state index in [9.17, 15) is 4.79 Å². The lowest BCUT2D eigenvalue weighted by atomic mass is 10.2. The Morgan fingerprint density at radius 1 is 1.27 bits per heavy atom. The zero-order valence-corrected chi connectivity index (χ0v) is 15.9. The van der Waals surface area contributed by atoms with Crippen LogP contribution in [0.1, 0.15) is 11.1 Å². The Morgan fingerprint density at radius 2 is 2.05 bits per heavy atom. The molecule has 0 fully saturated rings. The van der Waals surface area contributed by atoms with Crippen molar-refractivity contribution >= 4 is 56.2 Å². The monoisotopic (exact) mass is 471 g/mol. The van der Waals surface area contributed by atoms with Crippen molar-refractivity contribution in [3.63, 3.8) is 0 Å². The summed E-state index contributed by atoms with van der Waals surface area (Å²) in [4.78, 5) is 12.0. The van der Waals surface area contributed by atoms with Crippen molar-refractivity contribution in [2.45, 2.75) is 6.92 Å². The van der Waals surface area contributed by atoms with Crippen LogP contribution in [0, 0.1) is 10.5 Å². The fourth-order valence-electron chi connectivity index (χ4n) is 1.90. The van der Waals surface area contributed by atoms with Crippen LogP contribution in [0.25, 0.3) is 6.08 Å². The first-order valence-corrected chi connectivity index (χ1v) is 8.45. The molecule has 0 radical (unpaired) electrons. The number of benzene rings is 2. The highest BCUT2D eigenvalue weighted by Gasteiger charge is 2.03. The Bertz CT molecular complexity index is 729. The number of carbonyl (C=O) groups is 1. The number of hydrogen-bond acceptors (Lipinski definition) is 2. The third-order valence-electron chi connectivity index (χ3n) is 3.05. The van der Waals surface area contributed by atoms with Crippen LogP contribution in [-0.4, -0.2) is 13.0 Å². The zero-order chi connectivity index (χ0) is 16.1. The van der Waals surface area contributed by atoms with E-state index in [4.69, 9.17) is 4.74 Å². The minimum absolute atomic E-state index is 0.156. The molecule has 22 heavy (non-hydrogen) atoms. The summed E-state index contributed by atoms with van der Waals surface area (Å²) in [5.41, 5.74) is 2.79. The average Bonchev–Trinajstić information content (AvgIpc) is 2.48. The Kier molecular flexibility index (Phi) is 6.02. The van der Waals surface area contributed by atoms with Crippen LogP contribution >= 0.6 is 38.5 Å². The molecule has 1 amide bonds. The maximum atomic E-state index is 12.0. The van der Waals surface area contributed by atoms with Crippen molar-refractivity contribution in [1.29, 1.82) is 0 Å². The second-order valence-corrected chi connectivity index (χ2v) is 6.78. The molecule has 114 valence electrons. The van der Waals surface area contributed by atoms with Gasteiger partial charge in [-0.15, -0.1) is 0 Å². The molecule has 0 aliphatic carbocycles. The highest BCUT2D eigenvalue weighted by molar-refractivity contribution is 14.1. The minimum atomic E-state index is -0.156. The van der Waals surface area contributed by atoms with Gasteiger partial charge < -0.3 is 10.1 Å². The van der Waals surface area contributed by atoms with Crippen LogP contribution in [0.4, 0.5) is 5.69 Å². The molecule has 0 spiro atoms. The Balaban J connectivity index is 2.06. The van der Waals surface area contributed by atoms with Gasteiger partial charge in [-0.05, 0) is 93.0 Å². The number of halogens is 2. The van der Waals surface area contributed by atoms with Gasteiger partial charge in [0.1, 0.15) is 5.75 Å². The van der Waals surface area contributed by atoms with E-state index in [2.05, 4.69) is 43.8 Å². The van der Waals surface area contributed by atoms with E-state index in [1.165, 1.54) is 6.08 Å². The normalized spacial score (nSPS) is 10.7. The average molecular weight is 472 g/mol. The number of methoxy groups -OCH3 is 1. The first-order valence-electron chi connectivity index (χ1n) is 6.58.